The molecule has 0 bridgehead atoms. The van der Waals surface area contributed by atoms with Gasteiger partial charge in [0.15, 0.2) is 6.61 Å². The predicted molar refractivity (Wildman–Crippen MR) is 138 cm³/mol. The van der Waals surface area contributed by atoms with Crippen LogP contribution in [0.15, 0.2) is 76.3 Å². The lowest BCUT2D eigenvalue weighted by atomic mass is 10.0. The first kappa shape index (κ1) is 26.0. The van der Waals surface area contributed by atoms with Gasteiger partial charge in [-0.3, -0.25) is 4.79 Å². The Morgan fingerprint density at radius 2 is 1.63 bits per heavy atom. The predicted octanol–water partition coefficient (Wildman–Crippen LogP) is 5.72. The molecule has 1 N–H and O–H groups in total. The average Bonchev–Trinajstić information content (AvgIpc) is 2.85. The number of halogens is 1. The summed E-state index contributed by atoms with van der Waals surface area (Å²) in [5.41, 5.74) is 4.50. The fourth-order valence-electron chi connectivity index (χ4n) is 3.03. The van der Waals surface area contributed by atoms with Gasteiger partial charge in [0.2, 0.25) is 0 Å². The molecule has 3 rings (SSSR count). The SMILES string of the molecule is CCOc1ccc(C(=O)Oc2ccc(Br)cc2/C=N/NC(=O)COc2ccc(C(C)C)cc2)cc1. The number of nitrogens with one attached hydrogen (secondary N) is 1. The molecule has 0 unspecified atom stereocenters. The van der Waals surface area contributed by atoms with Gasteiger partial charge in [-0.05, 0) is 73.0 Å². The van der Waals surface area contributed by atoms with Gasteiger partial charge in [0.05, 0.1) is 18.4 Å². The topological polar surface area (TPSA) is 86.2 Å². The number of nitrogens with zero attached hydrogens (tertiary/aromatic N) is 1. The number of amides is 1. The highest BCUT2D eigenvalue weighted by Crippen LogP contribution is 2.23. The molecule has 0 radical (unpaired) electrons. The lowest BCUT2D eigenvalue weighted by Crippen LogP contribution is -2.24. The molecule has 182 valence electrons. The molecular formula is C27H27BrN2O5. The molecule has 0 atom stereocenters. The minimum Gasteiger partial charge on any atom is -0.494 e. The third kappa shape index (κ3) is 7.96. The molecule has 8 heteroatoms. The van der Waals surface area contributed by atoms with Crippen LogP contribution in [-0.2, 0) is 4.79 Å². The number of carbonyl (C=O) groups excluding carboxylic acids is 2. The Bertz CT molecular complexity index is 1180. The van der Waals surface area contributed by atoms with Gasteiger partial charge in [-0.2, -0.15) is 5.10 Å². The third-order valence-electron chi connectivity index (χ3n) is 4.89. The Balaban J connectivity index is 1.58. The molecule has 3 aromatic carbocycles. The first-order chi connectivity index (χ1) is 16.9. The van der Waals surface area contributed by atoms with Crippen molar-refractivity contribution in [1.82, 2.24) is 5.43 Å². The molecule has 0 aliphatic carbocycles. The van der Waals surface area contributed by atoms with Crippen LogP contribution in [0.4, 0.5) is 0 Å². The van der Waals surface area contributed by atoms with Crippen molar-refractivity contribution in [1.29, 1.82) is 0 Å². The summed E-state index contributed by atoms with van der Waals surface area (Å²) in [5, 5.41) is 3.97. The summed E-state index contributed by atoms with van der Waals surface area (Å²) < 4.78 is 17.2. The normalized spacial score (nSPS) is 10.9. The van der Waals surface area contributed by atoms with Gasteiger partial charge in [-0.1, -0.05) is 41.9 Å². The van der Waals surface area contributed by atoms with Crippen molar-refractivity contribution >= 4 is 34.0 Å². The highest BCUT2D eigenvalue weighted by atomic mass is 79.9. The van der Waals surface area contributed by atoms with E-state index in [2.05, 4.69) is 40.3 Å². The maximum atomic E-state index is 12.6. The maximum absolute atomic E-state index is 12.6. The van der Waals surface area contributed by atoms with Gasteiger partial charge in [0.1, 0.15) is 17.2 Å². The van der Waals surface area contributed by atoms with E-state index in [4.69, 9.17) is 14.2 Å². The molecule has 35 heavy (non-hydrogen) atoms. The Labute approximate surface area is 213 Å². The van der Waals surface area contributed by atoms with Gasteiger partial charge in [0, 0.05) is 10.0 Å². The van der Waals surface area contributed by atoms with E-state index in [0.29, 0.717) is 40.9 Å². The zero-order chi connectivity index (χ0) is 25.2. The van der Waals surface area contributed by atoms with E-state index in [1.54, 1.807) is 42.5 Å². The van der Waals surface area contributed by atoms with E-state index < -0.39 is 11.9 Å². The fraction of sp³-hybridized carbons (Fsp3) is 0.222. The van der Waals surface area contributed by atoms with E-state index in [0.717, 1.165) is 4.47 Å². The summed E-state index contributed by atoms with van der Waals surface area (Å²) >= 11 is 3.39. The minimum atomic E-state index is -0.522. The quantitative estimate of drug-likeness (QED) is 0.154. The monoisotopic (exact) mass is 538 g/mol. The van der Waals surface area contributed by atoms with Crippen LogP contribution >= 0.6 is 15.9 Å². The number of benzene rings is 3. The number of hydrazone groups is 1. The number of esters is 1. The van der Waals surface area contributed by atoms with E-state index >= 15 is 0 Å². The Hall–Kier alpha value is -3.65. The molecular weight excluding hydrogens is 512 g/mol. The van der Waals surface area contributed by atoms with Crippen LogP contribution in [0.1, 0.15) is 48.2 Å². The van der Waals surface area contributed by atoms with E-state index in [1.165, 1.54) is 11.8 Å². The number of carbonyl (C=O) groups is 2. The van der Waals surface area contributed by atoms with Crippen LogP contribution in [0.5, 0.6) is 17.2 Å². The third-order valence-corrected chi connectivity index (χ3v) is 5.38. The average molecular weight is 539 g/mol. The Morgan fingerprint density at radius 3 is 2.29 bits per heavy atom. The second-order valence-electron chi connectivity index (χ2n) is 7.83. The van der Waals surface area contributed by atoms with Crippen molar-refractivity contribution in [3.63, 3.8) is 0 Å². The molecule has 7 nitrogen and oxygen atoms in total. The van der Waals surface area contributed by atoms with Crippen LogP contribution in [0.2, 0.25) is 0 Å². The molecule has 0 heterocycles. The second-order valence-corrected chi connectivity index (χ2v) is 8.75. The molecule has 0 aliphatic rings. The van der Waals surface area contributed by atoms with Crippen LogP contribution in [-0.4, -0.2) is 31.3 Å². The van der Waals surface area contributed by atoms with Crippen LogP contribution in [0.3, 0.4) is 0 Å². The summed E-state index contributed by atoms with van der Waals surface area (Å²) in [6.45, 7) is 6.47. The molecule has 0 saturated heterocycles. The molecule has 0 fully saturated rings. The van der Waals surface area contributed by atoms with Gasteiger partial charge in [-0.15, -0.1) is 0 Å². The Kier molecular flexibility index (Phi) is 9.43. The first-order valence-electron chi connectivity index (χ1n) is 11.1. The zero-order valence-electron chi connectivity index (χ0n) is 19.8. The minimum absolute atomic E-state index is 0.184. The van der Waals surface area contributed by atoms with E-state index in [1.807, 2.05) is 31.2 Å². The second kappa shape index (κ2) is 12.7. The van der Waals surface area contributed by atoms with Gasteiger partial charge in [0.25, 0.3) is 5.91 Å². The van der Waals surface area contributed by atoms with Crippen molar-refractivity contribution < 1.29 is 23.8 Å². The van der Waals surface area contributed by atoms with Crippen LogP contribution < -0.4 is 19.6 Å². The lowest BCUT2D eigenvalue weighted by molar-refractivity contribution is -0.123. The van der Waals surface area contributed by atoms with Crippen molar-refractivity contribution in [2.75, 3.05) is 13.2 Å². The summed E-state index contributed by atoms with van der Waals surface area (Å²) in [4.78, 5) is 24.7. The van der Waals surface area contributed by atoms with Crippen molar-refractivity contribution in [2.24, 2.45) is 5.10 Å². The standard InChI is InChI=1S/C27H27BrN2O5/c1-4-33-23-12-7-20(8-13-23)27(32)35-25-14-9-22(28)15-21(25)16-29-30-26(31)17-34-24-10-5-19(6-11-24)18(2)3/h5-16,18H,4,17H2,1-3H3,(H,30,31)/b29-16+. The Morgan fingerprint density at radius 1 is 0.971 bits per heavy atom. The molecule has 3 aromatic rings. The molecule has 0 spiro atoms. The van der Waals surface area contributed by atoms with Gasteiger partial charge in [-0.25, -0.2) is 10.2 Å². The smallest absolute Gasteiger partial charge is 0.343 e. The van der Waals surface area contributed by atoms with Crippen molar-refractivity contribution in [3.8, 4) is 17.2 Å². The van der Waals surface area contributed by atoms with Crippen molar-refractivity contribution in [3.05, 3.63) is 87.9 Å². The molecule has 0 aromatic heterocycles. The number of hydrogen-bond donors (Lipinski definition) is 1. The molecule has 0 saturated carbocycles. The largest absolute Gasteiger partial charge is 0.494 e. The van der Waals surface area contributed by atoms with Gasteiger partial charge >= 0.3 is 5.97 Å². The summed E-state index contributed by atoms with van der Waals surface area (Å²) in [5.74, 6) is 1.05. The number of ether oxygens (including phenoxy) is 3. The van der Waals surface area contributed by atoms with E-state index in [9.17, 15) is 9.59 Å². The van der Waals surface area contributed by atoms with Crippen molar-refractivity contribution in [2.45, 2.75) is 26.7 Å². The number of hydrogen-bond acceptors (Lipinski definition) is 6. The van der Waals surface area contributed by atoms with Crippen LogP contribution in [0.25, 0.3) is 0 Å². The highest BCUT2D eigenvalue weighted by molar-refractivity contribution is 9.10. The highest BCUT2D eigenvalue weighted by Gasteiger charge is 2.12. The maximum Gasteiger partial charge on any atom is 0.343 e. The lowest BCUT2D eigenvalue weighted by Gasteiger charge is -2.09. The molecule has 0 aliphatic heterocycles. The van der Waals surface area contributed by atoms with Crippen LogP contribution in [0, 0.1) is 0 Å². The van der Waals surface area contributed by atoms with E-state index in [-0.39, 0.29) is 6.61 Å². The zero-order valence-corrected chi connectivity index (χ0v) is 21.4. The fourth-order valence-corrected chi connectivity index (χ4v) is 3.41. The van der Waals surface area contributed by atoms with Gasteiger partial charge < -0.3 is 14.2 Å². The summed E-state index contributed by atoms with van der Waals surface area (Å²) in [7, 11) is 0. The summed E-state index contributed by atoms with van der Waals surface area (Å²) in [6, 6.07) is 19.4. The molecule has 1 amide bonds. The number of rotatable bonds is 10. The first-order valence-corrected chi connectivity index (χ1v) is 11.9. The summed E-state index contributed by atoms with van der Waals surface area (Å²) in [6.07, 6.45) is 1.40.